The minimum atomic E-state index is -0.135. The van der Waals surface area contributed by atoms with E-state index in [0.717, 1.165) is 28.1 Å². The Labute approximate surface area is 184 Å². The highest BCUT2D eigenvalue weighted by atomic mass is 35.5. The number of thioether (sulfide) groups is 1. The van der Waals surface area contributed by atoms with Crippen LogP contribution in [0.1, 0.15) is 5.56 Å². The number of rotatable bonds is 6. The Balaban J connectivity index is 1.53. The van der Waals surface area contributed by atoms with Crippen molar-refractivity contribution in [1.29, 1.82) is 0 Å². The predicted octanol–water partition coefficient (Wildman–Crippen LogP) is 6.44. The molecule has 1 aromatic heterocycles. The lowest BCUT2D eigenvalue weighted by Gasteiger charge is -2.07. The number of halogens is 1. The second-order valence-corrected chi connectivity index (χ2v) is 8.19. The Kier molecular flexibility index (Phi) is 6.21. The van der Waals surface area contributed by atoms with Crippen LogP contribution >= 0.6 is 23.4 Å². The zero-order valence-corrected chi connectivity index (χ0v) is 17.9. The number of imidazole rings is 1. The zero-order chi connectivity index (χ0) is 20.9. The van der Waals surface area contributed by atoms with E-state index >= 15 is 0 Å². The smallest absolute Gasteiger partial charge is 0.234 e. The fraction of sp³-hybridized carbons (Fsp3) is 0.0833. The summed E-state index contributed by atoms with van der Waals surface area (Å²) in [6, 6.07) is 25.6. The Bertz CT molecular complexity index is 1100. The molecule has 4 rings (SSSR count). The van der Waals surface area contributed by atoms with E-state index in [9.17, 15) is 4.79 Å². The Morgan fingerprint density at radius 3 is 2.33 bits per heavy atom. The molecular weight excluding hydrogens is 414 g/mol. The molecule has 0 spiro atoms. The van der Waals surface area contributed by atoms with Gasteiger partial charge in [0.25, 0.3) is 0 Å². The Morgan fingerprint density at radius 1 is 1.00 bits per heavy atom. The second kappa shape index (κ2) is 9.20. The molecule has 30 heavy (non-hydrogen) atoms. The van der Waals surface area contributed by atoms with Crippen LogP contribution in [0.15, 0.2) is 84.0 Å². The quantitative estimate of drug-likeness (QED) is 0.344. The van der Waals surface area contributed by atoms with Gasteiger partial charge >= 0.3 is 0 Å². The molecule has 1 amide bonds. The molecule has 0 aliphatic rings. The van der Waals surface area contributed by atoms with E-state index in [2.05, 4.69) is 10.3 Å². The average molecular weight is 434 g/mol. The van der Waals surface area contributed by atoms with E-state index in [1.54, 1.807) is 0 Å². The lowest BCUT2D eigenvalue weighted by Crippen LogP contribution is -2.14. The first-order valence-electron chi connectivity index (χ1n) is 9.50. The summed E-state index contributed by atoms with van der Waals surface area (Å²) >= 11 is 7.57. The van der Waals surface area contributed by atoms with Gasteiger partial charge in [0.05, 0.1) is 27.9 Å². The minimum Gasteiger partial charge on any atom is -0.332 e. The van der Waals surface area contributed by atoms with E-state index < -0.39 is 0 Å². The minimum absolute atomic E-state index is 0.135. The number of nitrogens with zero attached hydrogens (tertiary/aromatic N) is 1. The summed E-state index contributed by atoms with van der Waals surface area (Å²) in [7, 11) is 0. The normalized spacial score (nSPS) is 10.7. The standard InChI is InChI=1S/C24H20ClN3OS/c1-16-12-13-20(19(25)14-16)26-21(29)15-30-24-27-22(17-8-4-2-5-9-17)23(28-24)18-10-6-3-7-11-18/h2-14H,15H2,1H3,(H,26,29)(H,27,28). The van der Waals surface area contributed by atoms with Gasteiger partial charge in [-0.2, -0.15) is 0 Å². The molecule has 0 aliphatic heterocycles. The molecule has 0 aliphatic carbocycles. The van der Waals surface area contributed by atoms with Gasteiger partial charge in [-0.3, -0.25) is 4.79 Å². The Morgan fingerprint density at radius 2 is 1.67 bits per heavy atom. The van der Waals surface area contributed by atoms with Crippen molar-refractivity contribution in [3.63, 3.8) is 0 Å². The van der Waals surface area contributed by atoms with Crippen molar-refractivity contribution in [3.8, 4) is 22.5 Å². The van der Waals surface area contributed by atoms with Crippen molar-refractivity contribution in [2.45, 2.75) is 12.1 Å². The first-order valence-corrected chi connectivity index (χ1v) is 10.9. The van der Waals surface area contributed by atoms with Gasteiger partial charge in [-0.15, -0.1) is 0 Å². The molecule has 2 N–H and O–H groups in total. The maximum Gasteiger partial charge on any atom is 0.234 e. The SMILES string of the molecule is Cc1ccc(NC(=O)CSc2nc(-c3ccccc3)c(-c3ccccc3)[nH]2)c(Cl)c1. The molecule has 6 heteroatoms. The van der Waals surface area contributed by atoms with Crippen LogP contribution in [0.5, 0.6) is 0 Å². The summed E-state index contributed by atoms with van der Waals surface area (Å²) in [6.45, 7) is 1.96. The number of hydrogen-bond donors (Lipinski definition) is 2. The predicted molar refractivity (Wildman–Crippen MR) is 125 cm³/mol. The van der Waals surface area contributed by atoms with Crippen molar-refractivity contribution in [2.75, 3.05) is 11.1 Å². The Hall–Kier alpha value is -3.02. The molecule has 0 saturated carbocycles. The number of aromatic amines is 1. The van der Waals surface area contributed by atoms with Gasteiger partial charge in [-0.05, 0) is 24.6 Å². The van der Waals surface area contributed by atoms with E-state index in [1.807, 2.05) is 85.8 Å². The molecule has 1 heterocycles. The molecule has 0 radical (unpaired) electrons. The van der Waals surface area contributed by atoms with E-state index in [4.69, 9.17) is 16.6 Å². The van der Waals surface area contributed by atoms with Gasteiger partial charge in [0, 0.05) is 11.1 Å². The molecule has 0 atom stereocenters. The van der Waals surface area contributed by atoms with Gasteiger partial charge in [0.2, 0.25) is 5.91 Å². The van der Waals surface area contributed by atoms with Crippen molar-refractivity contribution in [3.05, 3.63) is 89.4 Å². The fourth-order valence-electron chi connectivity index (χ4n) is 3.08. The summed E-state index contributed by atoms with van der Waals surface area (Å²) < 4.78 is 0. The molecule has 0 bridgehead atoms. The monoisotopic (exact) mass is 433 g/mol. The largest absolute Gasteiger partial charge is 0.332 e. The van der Waals surface area contributed by atoms with Crippen LogP contribution in [0.25, 0.3) is 22.5 Å². The molecular formula is C24H20ClN3OS. The van der Waals surface area contributed by atoms with Crippen LogP contribution in [0.3, 0.4) is 0 Å². The van der Waals surface area contributed by atoms with Crippen molar-refractivity contribution >= 4 is 35.0 Å². The topological polar surface area (TPSA) is 57.8 Å². The third kappa shape index (κ3) is 4.75. The van der Waals surface area contributed by atoms with Crippen LogP contribution < -0.4 is 5.32 Å². The summed E-state index contributed by atoms with van der Waals surface area (Å²) in [5.74, 6) is 0.0878. The number of aryl methyl sites for hydroxylation is 1. The number of H-pyrrole nitrogens is 1. The highest BCUT2D eigenvalue weighted by Crippen LogP contribution is 2.32. The molecule has 0 unspecified atom stereocenters. The zero-order valence-electron chi connectivity index (χ0n) is 16.4. The molecule has 4 aromatic rings. The molecule has 0 fully saturated rings. The first kappa shape index (κ1) is 20.3. The summed E-state index contributed by atoms with van der Waals surface area (Å²) in [5, 5.41) is 4.08. The number of benzene rings is 3. The number of hydrogen-bond acceptors (Lipinski definition) is 3. The summed E-state index contributed by atoms with van der Waals surface area (Å²) in [4.78, 5) is 20.6. The summed E-state index contributed by atoms with van der Waals surface area (Å²) in [6.07, 6.45) is 0. The van der Waals surface area contributed by atoms with Gasteiger partial charge in [0.15, 0.2) is 5.16 Å². The number of aromatic nitrogens is 2. The lowest BCUT2D eigenvalue weighted by molar-refractivity contribution is -0.113. The molecule has 4 nitrogen and oxygen atoms in total. The van der Waals surface area contributed by atoms with E-state index in [-0.39, 0.29) is 11.7 Å². The number of carbonyl (C=O) groups is 1. The third-order valence-corrected chi connectivity index (χ3v) is 5.72. The number of nitrogens with one attached hydrogen (secondary N) is 2. The second-order valence-electron chi connectivity index (χ2n) is 6.82. The lowest BCUT2D eigenvalue weighted by atomic mass is 10.1. The van der Waals surface area contributed by atoms with Crippen molar-refractivity contribution < 1.29 is 4.79 Å². The molecule has 150 valence electrons. The van der Waals surface area contributed by atoms with Gasteiger partial charge < -0.3 is 10.3 Å². The number of amides is 1. The van der Waals surface area contributed by atoms with Crippen LogP contribution in [0.2, 0.25) is 5.02 Å². The highest BCUT2D eigenvalue weighted by Gasteiger charge is 2.15. The average Bonchev–Trinajstić information content (AvgIpc) is 3.20. The van der Waals surface area contributed by atoms with Crippen LogP contribution in [-0.4, -0.2) is 21.6 Å². The van der Waals surface area contributed by atoms with Gasteiger partial charge in [0.1, 0.15) is 0 Å². The first-order chi connectivity index (χ1) is 14.6. The van der Waals surface area contributed by atoms with Gasteiger partial charge in [-0.25, -0.2) is 4.98 Å². The maximum absolute atomic E-state index is 12.4. The van der Waals surface area contributed by atoms with Crippen molar-refractivity contribution in [1.82, 2.24) is 9.97 Å². The van der Waals surface area contributed by atoms with Crippen LogP contribution in [-0.2, 0) is 4.79 Å². The van der Waals surface area contributed by atoms with Crippen molar-refractivity contribution in [2.24, 2.45) is 0 Å². The van der Waals surface area contributed by atoms with Gasteiger partial charge in [-0.1, -0.05) is 90.1 Å². The number of carbonyl (C=O) groups excluding carboxylic acids is 1. The van der Waals surface area contributed by atoms with Crippen LogP contribution in [0, 0.1) is 6.92 Å². The third-order valence-electron chi connectivity index (χ3n) is 4.53. The van der Waals surface area contributed by atoms with E-state index in [1.165, 1.54) is 11.8 Å². The molecule has 3 aromatic carbocycles. The fourth-order valence-corrected chi connectivity index (χ4v) is 4.03. The van der Waals surface area contributed by atoms with E-state index in [0.29, 0.717) is 15.9 Å². The summed E-state index contributed by atoms with van der Waals surface area (Å²) in [5.41, 5.74) is 5.53. The molecule has 0 saturated heterocycles. The number of anilines is 1. The highest BCUT2D eigenvalue weighted by molar-refractivity contribution is 7.99. The maximum atomic E-state index is 12.4. The van der Waals surface area contributed by atoms with Crippen LogP contribution in [0.4, 0.5) is 5.69 Å².